The van der Waals surface area contributed by atoms with Gasteiger partial charge in [-0.15, -0.1) is 0 Å². The van der Waals surface area contributed by atoms with E-state index in [1.54, 1.807) is 0 Å². The minimum atomic E-state index is -0.833. The van der Waals surface area contributed by atoms with Crippen molar-refractivity contribution in [2.24, 2.45) is 0 Å². The molecule has 3 nitrogen and oxygen atoms in total. The van der Waals surface area contributed by atoms with Gasteiger partial charge < -0.3 is 10.2 Å². The van der Waals surface area contributed by atoms with Gasteiger partial charge >= 0.3 is 0 Å². The number of carbonyl (C=O) groups is 1. The summed E-state index contributed by atoms with van der Waals surface area (Å²) in [5, 5.41) is 16.2. The summed E-state index contributed by atoms with van der Waals surface area (Å²) in [5.41, 5.74) is 0. The quantitative estimate of drug-likeness (QED) is 0.0859. The van der Waals surface area contributed by atoms with E-state index < -0.39 is 5.97 Å². The maximum absolute atomic E-state index is 9.00. The van der Waals surface area contributed by atoms with Crippen LogP contribution in [-0.2, 0) is 4.79 Å². The number of unbranched alkanes of at least 4 members (excludes halogenated alkanes) is 30. The molecular weight excluding hydrogens is 468 g/mol. The smallest absolute Gasteiger partial charge is 0.300 e. The average molecular weight is 541 g/mol. The van der Waals surface area contributed by atoms with E-state index in [9.17, 15) is 0 Å². The molecule has 38 heavy (non-hydrogen) atoms. The second-order valence-corrected chi connectivity index (χ2v) is 11.8. The number of aliphatic hydroxyl groups excluding tert-OH is 1. The van der Waals surface area contributed by atoms with Crippen LogP contribution in [0.2, 0.25) is 0 Å². The highest BCUT2D eigenvalue weighted by Gasteiger charge is 1.97. The molecule has 0 spiro atoms. The van der Waals surface area contributed by atoms with Gasteiger partial charge in [0.05, 0.1) is 0 Å². The van der Waals surface area contributed by atoms with Crippen LogP contribution in [0.1, 0.15) is 213 Å². The fraction of sp³-hybridized carbons (Fsp3) is 0.971. The number of aliphatic hydroxyl groups is 1. The molecule has 0 saturated carbocycles. The predicted octanol–water partition coefficient (Wildman–Crippen LogP) is 12.2. The van der Waals surface area contributed by atoms with Crippen molar-refractivity contribution in [3.05, 3.63) is 0 Å². The molecule has 0 aliphatic rings. The lowest BCUT2D eigenvalue weighted by Gasteiger charge is -2.04. The first-order chi connectivity index (χ1) is 18.6. The van der Waals surface area contributed by atoms with Crippen LogP contribution >= 0.6 is 0 Å². The lowest BCUT2D eigenvalue weighted by molar-refractivity contribution is -0.134. The van der Waals surface area contributed by atoms with Crippen LogP contribution in [0.4, 0.5) is 0 Å². The molecule has 3 heteroatoms. The highest BCUT2D eigenvalue weighted by atomic mass is 16.4. The Labute approximate surface area is 240 Å². The SMILES string of the molecule is CC(=O)O.CCCCCCCCCCCCCCCCCCCCCCCCCCCCCCCCCO. The van der Waals surface area contributed by atoms with Gasteiger partial charge in [-0.2, -0.15) is 0 Å². The molecule has 0 aromatic heterocycles. The van der Waals surface area contributed by atoms with Crippen molar-refractivity contribution >= 4 is 5.97 Å². The minimum absolute atomic E-state index is 0.375. The van der Waals surface area contributed by atoms with Crippen LogP contribution in [0.3, 0.4) is 0 Å². The van der Waals surface area contributed by atoms with Crippen LogP contribution in [-0.4, -0.2) is 22.8 Å². The zero-order valence-corrected chi connectivity index (χ0v) is 26.4. The highest BCUT2D eigenvalue weighted by molar-refractivity contribution is 5.62. The number of carboxylic acid groups (broad SMARTS) is 1. The third-order valence-electron chi connectivity index (χ3n) is 7.76. The monoisotopic (exact) mass is 541 g/mol. The molecule has 0 heterocycles. The average Bonchev–Trinajstić information content (AvgIpc) is 2.89. The van der Waals surface area contributed by atoms with E-state index in [1.165, 1.54) is 193 Å². The van der Waals surface area contributed by atoms with E-state index >= 15 is 0 Å². The molecule has 0 amide bonds. The van der Waals surface area contributed by atoms with Crippen molar-refractivity contribution in [1.82, 2.24) is 0 Å². The molecule has 0 aromatic carbocycles. The van der Waals surface area contributed by atoms with E-state index in [4.69, 9.17) is 15.0 Å². The Balaban J connectivity index is 0. The highest BCUT2D eigenvalue weighted by Crippen LogP contribution is 2.16. The van der Waals surface area contributed by atoms with E-state index in [-0.39, 0.29) is 0 Å². The molecule has 0 rings (SSSR count). The summed E-state index contributed by atoms with van der Waals surface area (Å²) in [4.78, 5) is 9.00. The summed E-state index contributed by atoms with van der Waals surface area (Å²) < 4.78 is 0. The van der Waals surface area contributed by atoms with E-state index in [2.05, 4.69) is 6.92 Å². The topological polar surface area (TPSA) is 57.5 Å². The second-order valence-electron chi connectivity index (χ2n) is 11.8. The zero-order valence-electron chi connectivity index (χ0n) is 26.4. The molecule has 230 valence electrons. The predicted molar refractivity (Wildman–Crippen MR) is 169 cm³/mol. The van der Waals surface area contributed by atoms with Gasteiger partial charge in [-0.05, 0) is 6.42 Å². The van der Waals surface area contributed by atoms with Gasteiger partial charge in [0.2, 0.25) is 0 Å². The van der Waals surface area contributed by atoms with E-state index in [1.807, 2.05) is 0 Å². The van der Waals surface area contributed by atoms with E-state index in [0.29, 0.717) is 6.61 Å². The minimum Gasteiger partial charge on any atom is -0.481 e. The number of aliphatic carboxylic acids is 1. The first-order valence-electron chi connectivity index (χ1n) is 17.5. The normalized spacial score (nSPS) is 10.9. The molecule has 0 unspecified atom stereocenters. The Hall–Kier alpha value is -0.570. The molecule has 0 saturated heterocycles. The Bertz CT molecular complexity index is 374. The number of hydrogen-bond acceptors (Lipinski definition) is 2. The molecule has 2 N–H and O–H groups in total. The molecule has 0 atom stereocenters. The van der Waals surface area contributed by atoms with Crippen molar-refractivity contribution in [2.75, 3.05) is 6.61 Å². The third kappa shape index (κ3) is 45.4. The van der Waals surface area contributed by atoms with Crippen molar-refractivity contribution in [3.63, 3.8) is 0 Å². The fourth-order valence-corrected chi connectivity index (χ4v) is 5.31. The van der Waals surface area contributed by atoms with Crippen LogP contribution in [0, 0.1) is 0 Å². The van der Waals surface area contributed by atoms with Gasteiger partial charge in [0, 0.05) is 13.5 Å². The summed E-state index contributed by atoms with van der Waals surface area (Å²) in [7, 11) is 0. The Kier molecular flexibility index (Phi) is 40.2. The van der Waals surface area contributed by atoms with Crippen molar-refractivity contribution in [3.8, 4) is 0 Å². The van der Waals surface area contributed by atoms with Gasteiger partial charge in [-0.25, -0.2) is 0 Å². The van der Waals surface area contributed by atoms with Crippen LogP contribution in [0.25, 0.3) is 0 Å². The van der Waals surface area contributed by atoms with Gasteiger partial charge in [0.15, 0.2) is 0 Å². The van der Waals surface area contributed by atoms with Gasteiger partial charge in [0.25, 0.3) is 5.97 Å². The second kappa shape index (κ2) is 38.6. The molecule has 0 aliphatic carbocycles. The first-order valence-corrected chi connectivity index (χ1v) is 17.5. The molecule has 0 aliphatic heterocycles. The number of hydrogen-bond donors (Lipinski definition) is 2. The summed E-state index contributed by atoms with van der Waals surface area (Å²) >= 11 is 0. The van der Waals surface area contributed by atoms with Gasteiger partial charge in [0.1, 0.15) is 0 Å². The summed E-state index contributed by atoms with van der Waals surface area (Å²) in [6, 6.07) is 0. The van der Waals surface area contributed by atoms with Crippen LogP contribution in [0.5, 0.6) is 0 Å². The number of carboxylic acids is 1. The largest absolute Gasteiger partial charge is 0.481 e. The zero-order chi connectivity index (χ0) is 28.2. The molecule has 0 aromatic rings. The first kappa shape index (κ1) is 39.6. The van der Waals surface area contributed by atoms with Crippen molar-refractivity contribution in [2.45, 2.75) is 213 Å². The summed E-state index contributed by atoms with van der Waals surface area (Å²) in [6.45, 7) is 3.76. The third-order valence-corrected chi connectivity index (χ3v) is 7.76. The molecule has 0 fully saturated rings. The Morgan fingerprint density at radius 3 is 0.632 bits per heavy atom. The van der Waals surface area contributed by atoms with Crippen molar-refractivity contribution < 1.29 is 15.0 Å². The maximum Gasteiger partial charge on any atom is 0.300 e. The lowest BCUT2D eigenvalue weighted by atomic mass is 10.0. The van der Waals surface area contributed by atoms with Gasteiger partial charge in [-0.3, -0.25) is 4.79 Å². The summed E-state index contributed by atoms with van der Waals surface area (Å²) in [6.07, 6.45) is 44.6. The lowest BCUT2D eigenvalue weighted by Crippen LogP contribution is -1.85. The van der Waals surface area contributed by atoms with E-state index in [0.717, 1.165) is 13.3 Å². The molecular formula is C35H72O3. The van der Waals surface area contributed by atoms with Crippen LogP contribution in [0.15, 0.2) is 0 Å². The van der Waals surface area contributed by atoms with Crippen LogP contribution < -0.4 is 0 Å². The molecule has 0 radical (unpaired) electrons. The standard InChI is InChI=1S/C33H68O.C2H4O2/c1-2-3-4-5-6-7-8-9-10-11-12-13-14-15-16-17-18-19-20-21-22-23-24-25-26-27-28-29-30-31-32-33-34;1-2(3)4/h34H,2-33H2,1H3;1H3,(H,3,4). The van der Waals surface area contributed by atoms with Crippen molar-refractivity contribution in [1.29, 1.82) is 0 Å². The Morgan fingerprint density at radius 1 is 0.368 bits per heavy atom. The maximum atomic E-state index is 9.00. The summed E-state index contributed by atoms with van der Waals surface area (Å²) in [5.74, 6) is -0.833. The molecule has 0 bridgehead atoms. The van der Waals surface area contributed by atoms with Gasteiger partial charge in [-0.1, -0.05) is 200 Å². The Morgan fingerprint density at radius 2 is 0.500 bits per heavy atom. The number of rotatable bonds is 31. The fourth-order valence-electron chi connectivity index (χ4n) is 5.31.